The van der Waals surface area contributed by atoms with E-state index in [9.17, 15) is 24.5 Å². The summed E-state index contributed by atoms with van der Waals surface area (Å²) in [5, 5.41) is 12.5. The van der Waals surface area contributed by atoms with Gasteiger partial charge in [-0.2, -0.15) is 11.8 Å². The Balaban J connectivity index is 2.06. The van der Waals surface area contributed by atoms with Crippen molar-refractivity contribution in [1.29, 1.82) is 0 Å². The van der Waals surface area contributed by atoms with Gasteiger partial charge in [-0.25, -0.2) is 4.79 Å². The molecule has 0 spiro atoms. The van der Waals surface area contributed by atoms with Crippen molar-refractivity contribution in [1.82, 2.24) is 10.2 Å². The lowest BCUT2D eigenvalue weighted by atomic mass is 9.99. The van der Waals surface area contributed by atoms with E-state index in [-0.39, 0.29) is 32.1 Å². The Morgan fingerprint density at radius 1 is 1.00 bits per heavy atom. The molecule has 11 nitrogen and oxygen atoms in total. The van der Waals surface area contributed by atoms with E-state index in [0.717, 1.165) is 16.7 Å². The maximum Gasteiger partial charge on any atom is 0.329 e. The lowest BCUT2D eigenvalue weighted by Crippen LogP contribution is -2.54. The monoisotopic (exact) mass is 617 g/mol. The first kappa shape index (κ1) is 35.6. The molecule has 2 aromatic carbocycles. The molecule has 236 valence electrons. The van der Waals surface area contributed by atoms with Gasteiger partial charge in [0.15, 0.2) is 0 Å². The highest BCUT2D eigenvalue weighted by molar-refractivity contribution is 7.99. The number of nitrogens with zero attached hydrogens (tertiary/aromatic N) is 2. The molecule has 0 bridgehead atoms. The van der Waals surface area contributed by atoms with Crippen LogP contribution in [-0.4, -0.2) is 84.3 Å². The Kier molecular flexibility index (Phi) is 16.1. The van der Waals surface area contributed by atoms with E-state index < -0.39 is 35.2 Å². The van der Waals surface area contributed by atoms with E-state index in [1.54, 1.807) is 20.9 Å². The van der Waals surface area contributed by atoms with Crippen LogP contribution in [0.4, 0.5) is 0 Å². The number of benzene rings is 2. The number of esters is 2. The molecule has 2 rings (SSSR count). The third-order valence-corrected chi connectivity index (χ3v) is 7.85. The van der Waals surface area contributed by atoms with Crippen molar-refractivity contribution in [3.8, 4) is 0 Å². The van der Waals surface area contributed by atoms with Gasteiger partial charge in [-0.3, -0.25) is 14.9 Å². The van der Waals surface area contributed by atoms with Gasteiger partial charge in [0, 0.05) is 19.2 Å². The first-order valence-electron chi connectivity index (χ1n) is 14.4. The van der Waals surface area contributed by atoms with Crippen LogP contribution >= 0.6 is 11.8 Å². The summed E-state index contributed by atoms with van der Waals surface area (Å²) < 4.78 is 10.8. The molecular weight excluding hydrogens is 574 g/mol. The molecule has 12 heteroatoms. The predicted octanol–water partition coefficient (Wildman–Crippen LogP) is 3.78. The van der Waals surface area contributed by atoms with Crippen LogP contribution < -0.4 is 5.32 Å². The van der Waals surface area contributed by atoms with Gasteiger partial charge in [-0.05, 0) is 62.5 Å². The molecular formula is C31H43N3O8S. The zero-order chi connectivity index (χ0) is 31.6. The summed E-state index contributed by atoms with van der Waals surface area (Å²) in [7, 11) is 1.57. The van der Waals surface area contributed by atoms with E-state index in [0.29, 0.717) is 30.8 Å². The summed E-state index contributed by atoms with van der Waals surface area (Å²) in [5.74, 6) is -0.236. The Morgan fingerprint density at radius 3 is 2.37 bits per heavy atom. The number of aryl methyl sites for hydroxylation is 2. The van der Waals surface area contributed by atoms with Gasteiger partial charge in [-0.15, -0.1) is 10.1 Å². The molecule has 0 radical (unpaired) electrons. The second-order valence-corrected chi connectivity index (χ2v) is 11.2. The number of hydrogen-bond acceptors (Lipinski definition) is 10. The highest BCUT2D eigenvalue weighted by Gasteiger charge is 2.33. The van der Waals surface area contributed by atoms with Crippen LogP contribution in [0.1, 0.15) is 43.4 Å². The van der Waals surface area contributed by atoms with Crippen molar-refractivity contribution in [2.24, 2.45) is 0 Å². The molecule has 1 N–H and O–H groups in total. The first-order valence-corrected chi connectivity index (χ1v) is 15.6. The molecule has 0 aliphatic carbocycles. The zero-order valence-electron chi connectivity index (χ0n) is 25.4. The van der Waals surface area contributed by atoms with Crippen molar-refractivity contribution in [3.63, 3.8) is 0 Å². The van der Waals surface area contributed by atoms with E-state index in [2.05, 4.69) is 10.2 Å². The summed E-state index contributed by atoms with van der Waals surface area (Å²) in [4.78, 5) is 55.6. The maximum atomic E-state index is 13.6. The number of carbonyl (C=O) groups is 3. The SMILES string of the molecule is CCOC(=O)C(CCc1ccccc1)NC(C)C(=O)N(C)C(Cc1ccccc1C)C(=O)OCCCSCCO[N+](=O)[O-]. The Labute approximate surface area is 257 Å². The minimum Gasteiger partial charge on any atom is -0.465 e. The highest BCUT2D eigenvalue weighted by atomic mass is 32.2. The molecule has 2 aromatic rings. The molecule has 0 saturated heterocycles. The standard InChI is InChI=1S/C31H43N3O8S/c1-5-40-30(36)27(17-16-25-13-7-6-8-14-25)32-24(3)29(35)33(4)28(22-26-15-10-9-12-23(26)2)31(37)41-18-11-20-43-21-19-42-34(38)39/h6-10,12-15,24,27-28,32H,5,11,16-22H2,1-4H3. The summed E-state index contributed by atoms with van der Waals surface area (Å²) >= 11 is 1.46. The normalized spacial score (nSPS) is 12.9. The molecule has 0 saturated carbocycles. The van der Waals surface area contributed by atoms with Gasteiger partial charge in [0.25, 0.3) is 5.09 Å². The first-order chi connectivity index (χ1) is 20.6. The highest BCUT2D eigenvalue weighted by Crippen LogP contribution is 2.16. The van der Waals surface area contributed by atoms with Crippen LogP contribution in [-0.2, 0) is 41.5 Å². The van der Waals surface area contributed by atoms with E-state index in [1.807, 2.05) is 61.5 Å². The number of ether oxygens (including phenoxy) is 2. The fourth-order valence-corrected chi connectivity index (χ4v) is 5.15. The largest absolute Gasteiger partial charge is 0.465 e. The van der Waals surface area contributed by atoms with Crippen LogP contribution in [0.3, 0.4) is 0 Å². The Morgan fingerprint density at radius 2 is 1.70 bits per heavy atom. The molecule has 0 heterocycles. The molecule has 3 unspecified atom stereocenters. The summed E-state index contributed by atoms with van der Waals surface area (Å²) in [6.45, 7) is 5.72. The number of thioether (sulfide) groups is 1. The molecule has 3 atom stereocenters. The number of amides is 1. The van der Waals surface area contributed by atoms with Crippen molar-refractivity contribution in [2.45, 2.75) is 64.6 Å². The second-order valence-electron chi connectivity index (χ2n) is 10.0. The van der Waals surface area contributed by atoms with Crippen molar-refractivity contribution in [3.05, 3.63) is 81.4 Å². The van der Waals surface area contributed by atoms with Gasteiger partial charge in [0.05, 0.1) is 19.3 Å². The lowest BCUT2D eigenvalue weighted by molar-refractivity contribution is -0.756. The number of nitrogens with one attached hydrogen (secondary N) is 1. The Hall–Kier alpha value is -3.64. The average Bonchev–Trinajstić information content (AvgIpc) is 2.99. The fraction of sp³-hybridized carbons (Fsp3) is 0.516. The number of carbonyl (C=O) groups excluding carboxylic acids is 3. The minimum absolute atomic E-state index is 0.00163. The maximum absolute atomic E-state index is 13.6. The van der Waals surface area contributed by atoms with E-state index >= 15 is 0 Å². The third kappa shape index (κ3) is 13.0. The van der Waals surface area contributed by atoms with Crippen LogP contribution in [0.2, 0.25) is 0 Å². The Bertz CT molecular complexity index is 1170. The quantitative estimate of drug-likeness (QED) is 0.101. The predicted molar refractivity (Wildman–Crippen MR) is 165 cm³/mol. The molecule has 43 heavy (non-hydrogen) atoms. The van der Waals surface area contributed by atoms with Gasteiger partial charge in [0.1, 0.15) is 18.7 Å². The molecule has 0 fully saturated rings. The van der Waals surface area contributed by atoms with Crippen LogP contribution in [0.25, 0.3) is 0 Å². The molecule has 0 aliphatic heterocycles. The van der Waals surface area contributed by atoms with Crippen molar-refractivity contribution in [2.75, 3.05) is 38.4 Å². The lowest BCUT2D eigenvalue weighted by Gasteiger charge is -2.31. The van der Waals surface area contributed by atoms with E-state index in [1.165, 1.54) is 16.7 Å². The van der Waals surface area contributed by atoms with Crippen molar-refractivity contribution < 1.29 is 33.8 Å². The smallest absolute Gasteiger partial charge is 0.329 e. The van der Waals surface area contributed by atoms with E-state index in [4.69, 9.17) is 9.47 Å². The van der Waals surface area contributed by atoms with Crippen molar-refractivity contribution >= 4 is 29.6 Å². The summed E-state index contributed by atoms with van der Waals surface area (Å²) in [5.41, 5.74) is 2.97. The van der Waals surface area contributed by atoms with Gasteiger partial charge < -0.3 is 19.2 Å². The molecule has 0 aromatic heterocycles. The second kappa shape index (κ2) is 19.5. The van der Waals surface area contributed by atoms with Gasteiger partial charge in [-0.1, -0.05) is 54.6 Å². The minimum atomic E-state index is -0.885. The third-order valence-electron chi connectivity index (χ3n) is 6.82. The summed E-state index contributed by atoms with van der Waals surface area (Å²) in [6, 6.07) is 15.0. The molecule has 1 amide bonds. The van der Waals surface area contributed by atoms with Crippen LogP contribution in [0.5, 0.6) is 0 Å². The fourth-order valence-electron chi connectivity index (χ4n) is 4.43. The number of rotatable bonds is 20. The number of hydrogen-bond donors (Lipinski definition) is 1. The van der Waals surface area contributed by atoms with Crippen LogP contribution in [0.15, 0.2) is 54.6 Å². The number of likely N-dealkylation sites (N-methyl/N-ethyl adjacent to an activating group) is 1. The molecule has 0 aliphatic rings. The zero-order valence-corrected chi connectivity index (χ0v) is 26.2. The van der Waals surface area contributed by atoms with Gasteiger partial charge >= 0.3 is 11.9 Å². The van der Waals surface area contributed by atoms with Crippen LogP contribution in [0, 0.1) is 17.0 Å². The van der Waals surface area contributed by atoms with Gasteiger partial charge in [0.2, 0.25) is 5.91 Å². The average molecular weight is 618 g/mol. The topological polar surface area (TPSA) is 137 Å². The summed E-state index contributed by atoms with van der Waals surface area (Å²) in [6.07, 6.45) is 1.87.